The van der Waals surface area contributed by atoms with Gasteiger partial charge in [-0.05, 0) is 17.7 Å². The van der Waals surface area contributed by atoms with Crippen molar-refractivity contribution in [2.45, 2.75) is 40.3 Å². The number of aliphatic hydroxyl groups is 1. The highest BCUT2D eigenvalue weighted by Gasteiger charge is 2.25. The second kappa shape index (κ2) is 5.41. The van der Waals surface area contributed by atoms with Gasteiger partial charge in [-0.3, -0.25) is 0 Å². The molecule has 108 valence electrons. The van der Waals surface area contributed by atoms with Crippen molar-refractivity contribution >= 4 is 16.6 Å². The number of hydrogen-bond donors (Lipinski definition) is 1. The monoisotopic (exact) mass is 272 g/mol. The average Bonchev–Trinajstić information content (AvgIpc) is 2.43. The van der Waals surface area contributed by atoms with Crippen molar-refractivity contribution < 1.29 is 5.11 Å². The Kier molecular flexibility index (Phi) is 4.00. The van der Waals surface area contributed by atoms with E-state index in [2.05, 4.69) is 50.7 Å². The molecular formula is C17H24N2O. The van der Waals surface area contributed by atoms with E-state index in [1.54, 1.807) is 6.20 Å². The summed E-state index contributed by atoms with van der Waals surface area (Å²) in [5.41, 5.74) is 1.05. The molecule has 0 aliphatic heterocycles. The van der Waals surface area contributed by atoms with Crippen LogP contribution in [0.3, 0.4) is 0 Å². The van der Waals surface area contributed by atoms with Crippen LogP contribution >= 0.6 is 0 Å². The number of rotatable bonds is 3. The quantitative estimate of drug-likeness (QED) is 0.927. The highest BCUT2D eigenvalue weighted by atomic mass is 16.3. The molecule has 3 nitrogen and oxygen atoms in total. The zero-order chi connectivity index (χ0) is 14.9. The van der Waals surface area contributed by atoms with E-state index in [9.17, 15) is 5.11 Å². The molecule has 1 atom stereocenters. The third kappa shape index (κ3) is 2.63. The molecule has 1 aromatic carbocycles. The van der Waals surface area contributed by atoms with E-state index >= 15 is 0 Å². The lowest BCUT2D eigenvalue weighted by molar-refractivity contribution is 0.283. The van der Waals surface area contributed by atoms with E-state index < -0.39 is 0 Å². The van der Waals surface area contributed by atoms with Crippen LogP contribution in [0.5, 0.6) is 0 Å². The molecule has 0 spiro atoms. The predicted octanol–water partition coefficient (Wildman–Crippen LogP) is 3.60. The van der Waals surface area contributed by atoms with Crippen LogP contribution in [-0.2, 0) is 6.61 Å². The third-order valence-corrected chi connectivity index (χ3v) is 4.20. The summed E-state index contributed by atoms with van der Waals surface area (Å²) < 4.78 is 0. The molecule has 0 radical (unpaired) electrons. The first-order chi connectivity index (χ1) is 9.36. The first-order valence-corrected chi connectivity index (χ1v) is 7.06. The van der Waals surface area contributed by atoms with E-state index in [0.29, 0.717) is 6.04 Å². The van der Waals surface area contributed by atoms with Gasteiger partial charge in [0, 0.05) is 30.2 Å². The van der Waals surface area contributed by atoms with Crippen molar-refractivity contribution in [1.82, 2.24) is 4.98 Å². The maximum atomic E-state index is 9.45. The van der Waals surface area contributed by atoms with Gasteiger partial charge in [0.2, 0.25) is 0 Å². The van der Waals surface area contributed by atoms with Gasteiger partial charge < -0.3 is 10.0 Å². The van der Waals surface area contributed by atoms with Gasteiger partial charge >= 0.3 is 0 Å². The summed E-state index contributed by atoms with van der Waals surface area (Å²) in [6, 6.07) is 8.49. The molecule has 1 aromatic heterocycles. The smallest absolute Gasteiger partial charge is 0.136 e. The zero-order valence-corrected chi connectivity index (χ0v) is 13.0. The summed E-state index contributed by atoms with van der Waals surface area (Å²) in [5.74, 6) is 0.972. The molecule has 2 aromatic rings. The van der Waals surface area contributed by atoms with Crippen LogP contribution in [0.1, 0.15) is 33.3 Å². The standard InChI is InChI=1S/C17H24N2O/c1-12(17(2,3)4)19(5)16-15-9-7-6-8-14(15)13(11-20)10-18-16/h6-10,12,20H,11H2,1-5H3. The van der Waals surface area contributed by atoms with E-state index in [1.807, 2.05) is 18.2 Å². The molecule has 0 aliphatic carbocycles. The molecule has 1 unspecified atom stereocenters. The van der Waals surface area contributed by atoms with Crippen LogP contribution in [0.2, 0.25) is 0 Å². The van der Waals surface area contributed by atoms with Crippen LogP contribution < -0.4 is 4.90 Å². The Hall–Kier alpha value is -1.61. The van der Waals surface area contributed by atoms with E-state index in [-0.39, 0.29) is 12.0 Å². The molecule has 3 heteroatoms. The molecule has 20 heavy (non-hydrogen) atoms. The number of pyridine rings is 1. The van der Waals surface area contributed by atoms with Crippen LogP contribution in [0.15, 0.2) is 30.5 Å². The number of anilines is 1. The third-order valence-electron chi connectivity index (χ3n) is 4.20. The van der Waals surface area contributed by atoms with Gasteiger partial charge in [0.15, 0.2) is 0 Å². The number of benzene rings is 1. The van der Waals surface area contributed by atoms with Crippen molar-refractivity contribution in [3.8, 4) is 0 Å². The highest BCUT2D eigenvalue weighted by molar-refractivity contribution is 5.94. The van der Waals surface area contributed by atoms with Crippen molar-refractivity contribution in [1.29, 1.82) is 0 Å². The summed E-state index contributed by atoms with van der Waals surface area (Å²) in [6.07, 6.45) is 1.78. The maximum Gasteiger partial charge on any atom is 0.136 e. The lowest BCUT2D eigenvalue weighted by atomic mass is 9.87. The SMILES string of the molecule is CC(N(C)c1ncc(CO)c2ccccc12)C(C)(C)C. The number of aliphatic hydroxyl groups excluding tert-OH is 1. The van der Waals surface area contributed by atoms with Crippen molar-refractivity contribution in [2.75, 3.05) is 11.9 Å². The minimum Gasteiger partial charge on any atom is -0.392 e. The van der Waals surface area contributed by atoms with Gasteiger partial charge in [0.1, 0.15) is 5.82 Å². The fourth-order valence-corrected chi connectivity index (χ4v) is 2.41. The fourth-order valence-electron chi connectivity index (χ4n) is 2.41. The lowest BCUT2D eigenvalue weighted by Gasteiger charge is -2.36. The lowest BCUT2D eigenvalue weighted by Crippen LogP contribution is -2.39. The van der Waals surface area contributed by atoms with Gasteiger partial charge in [-0.2, -0.15) is 0 Å². The normalized spacial score (nSPS) is 13.5. The van der Waals surface area contributed by atoms with Gasteiger partial charge in [-0.15, -0.1) is 0 Å². The van der Waals surface area contributed by atoms with Crippen LogP contribution in [0.4, 0.5) is 5.82 Å². The van der Waals surface area contributed by atoms with E-state index in [4.69, 9.17) is 0 Å². The van der Waals surface area contributed by atoms with Crippen molar-refractivity contribution in [3.05, 3.63) is 36.0 Å². The largest absolute Gasteiger partial charge is 0.392 e. The van der Waals surface area contributed by atoms with Crippen molar-refractivity contribution in [2.24, 2.45) is 5.41 Å². The molecule has 0 saturated heterocycles. The number of hydrogen-bond acceptors (Lipinski definition) is 3. The fraction of sp³-hybridized carbons (Fsp3) is 0.471. The Balaban J connectivity index is 2.56. The highest BCUT2D eigenvalue weighted by Crippen LogP contribution is 2.31. The Morgan fingerprint density at radius 2 is 1.80 bits per heavy atom. The predicted molar refractivity (Wildman–Crippen MR) is 85.0 cm³/mol. The van der Waals surface area contributed by atoms with E-state index in [1.165, 1.54) is 0 Å². The number of fused-ring (bicyclic) bond motifs is 1. The molecular weight excluding hydrogens is 248 g/mol. The molecule has 1 heterocycles. The number of nitrogens with zero attached hydrogens (tertiary/aromatic N) is 2. The molecule has 0 aliphatic rings. The first-order valence-electron chi connectivity index (χ1n) is 7.06. The summed E-state index contributed by atoms with van der Waals surface area (Å²) in [7, 11) is 2.09. The summed E-state index contributed by atoms with van der Waals surface area (Å²) in [5, 5.41) is 11.6. The van der Waals surface area contributed by atoms with E-state index in [0.717, 1.165) is 22.2 Å². The number of aromatic nitrogens is 1. The summed E-state index contributed by atoms with van der Waals surface area (Å²) in [6.45, 7) is 8.94. The Labute approximate surface area is 121 Å². The molecule has 0 amide bonds. The molecule has 0 fully saturated rings. The van der Waals surface area contributed by atoms with Crippen LogP contribution in [0, 0.1) is 5.41 Å². The summed E-state index contributed by atoms with van der Waals surface area (Å²) in [4.78, 5) is 6.80. The molecule has 0 bridgehead atoms. The second-order valence-electron chi connectivity index (χ2n) is 6.46. The minimum atomic E-state index is 0.0202. The zero-order valence-electron chi connectivity index (χ0n) is 13.0. The van der Waals surface area contributed by atoms with Crippen LogP contribution in [0.25, 0.3) is 10.8 Å². The first kappa shape index (κ1) is 14.8. The molecule has 1 N–H and O–H groups in total. The van der Waals surface area contributed by atoms with Gasteiger partial charge in [-0.25, -0.2) is 4.98 Å². The van der Waals surface area contributed by atoms with Crippen LogP contribution in [-0.4, -0.2) is 23.2 Å². The van der Waals surface area contributed by atoms with Gasteiger partial charge in [0.25, 0.3) is 0 Å². The topological polar surface area (TPSA) is 36.4 Å². The van der Waals surface area contributed by atoms with Crippen molar-refractivity contribution in [3.63, 3.8) is 0 Å². The maximum absolute atomic E-state index is 9.45. The Morgan fingerprint density at radius 3 is 2.35 bits per heavy atom. The Morgan fingerprint density at radius 1 is 1.20 bits per heavy atom. The molecule has 0 saturated carbocycles. The van der Waals surface area contributed by atoms with Gasteiger partial charge in [-0.1, -0.05) is 45.0 Å². The molecule has 2 rings (SSSR count). The minimum absolute atomic E-state index is 0.0202. The average molecular weight is 272 g/mol. The second-order valence-corrected chi connectivity index (χ2v) is 6.46. The Bertz CT molecular complexity index is 601. The summed E-state index contributed by atoms with van der Waals surface area (Å²) >= 11 is 0. The van der Waals surface area contributed by atoms with Gasteiger partial charge in [0.05, 0.1) is 6.61 Å².